The van der Waals surface area contributed by atoms with E-state index in [2.05, 4.69) is 41.4 Å². The van der Waals surface area contributed by atoms with Crippen LogP contribution in [0.15, 0.2) is 27.7 Å². The highest BCUT2D eigenvalue weighted by Gasteiger charge is 2.04. The van der Waals surface area contributed by atoms with Crippen molar-refractivity contribution in [2.45, 2.75) is 13.5 Å². The molecule has 2 rings (SSSR count). The van der Waals surface area contributed by atoms with Gasteiger partial charge in [0.05, 0.1) is 24.1 Å². The molecule has 0 amide bonds. The summed E-state index contributed by atoms with van der Waals surface area (Å²) in [6.45, 7) is 2.33. The normalized spacial score (nSPS) is 10.2. The predicted octanol–water partition coefficient (Wildman–Crippen LogP) is 1.24. The fraction of sp³-hybridized carbons (Fsp3) is 0.200. The molecule has 0 aliphatic carbocycles. The van der Waals surface area contributed by atoms with Gasteiger partial charge in [0.2, 0.25) is 0 Å². The third kappa shape index (κ3) is 2.88. The van der Waals surface area contributed by atoms with Crippen molar-refractivity contribution >= 4 is 21.6 Å². The zero-order valence-corrected chi connectivity index (χ0v) is 10.7. The van der Waals surface area contributed by atoms with Crippen LogP contribution in [0.3, 0.4) is 0 Å². The number of aryl methyl sites for hydroxylation is 1. The van der Waals surface area contributed by atoms with Gasteiger partial charge >= 0.3 is 0 Å². The Morgan fingerprint density at radius 2 is 2.35 bits per heavy atom. The Bertz CT molecular complexity index is 583. The lowest BCUT2D eigenvalue weighted by Gasteiger charge is -2.06. The van der Waals surface area contributed by atoms with Crippen LogP contribution in [0.1, 0.15) is 11.5 Å². The molecule has 0 spiro atoms. The second-order valence-corrected chi connectivity index (χ2v) is 4.17. The zero-order valence-electron chi connectivity index (χ0n) is 9.07. The van der Waals surface area contributed by atoms with Crippen LogP contribution in [0, 0.1) is 6.92 Å². The first kappa shape index (κ1) is 11.7. The summed E-state index contributed by atoms with van der Waals surface area (Å²) in [6, 6.07) is 1.81. The van der Waals surface area contributed by atoms with E-state index in [4.69, 9.17) is 0 Å². The molecular formula is C10H10BrN5O. The van der Waals surface area contributed by atoms with Gasteiger partial charge in [0.15, 0.2) is 0 Å². The first-order valence-electron chi connectivity index (χ1n) is 4.92. The molecule has 0 saturated carbocycles. The number of hydrogen-bond acceptors (Lipinski definition) is 5. The van der Waals surface area contributed by atoms with E-state index in [9.17, 15) is 4.79 Å². The number of hydrogen-bond donors (Lipinski definition) is 2. The van der Waals surface area contributed by atoms with Gasteiger partial charge in [0.25, 0.3) is 5.56 Å². The van der Waals surface area contributed by atoms with E-state index in [1.54, 1.807) is 12.4 Å². The van der Waals surface area contributed by atoms with Crippen LogP contribution in [-0.4, -0.2) is 20.2 Å². The SMILES string of the molecule is Cc1nccc(CNc2cn[nH]c(=O)c2Br)n1. The van der Waals surface area contributed by atoms with Crippen molar-refractivity contribution in [1.29, 1.82) is 0 Å². The van der Waals surface area contributed by atoms with Crippen molar-refractivity contribution in [3.63, 3.8) is 0 Å². The molecular weight excluding hydrogens is 286 g/mol. The van der Waals surface area contributed by atoms with E-state index in [0.29, 0.717) is 22.5 Å². The molecule has 0 aliphatic rings. The van der Waals surface area contributed by atoms with Crippen LogP contribution in [-0.2, 0) is 6.54 Å². The maximum Gasteiger partial charge on any atom is 0.280 e. The molecule has 2 aromatic rings. The van der Waals surface area contributed by atoms with Crippen molar-refractivity contribution in [3.8, 4) is 0 Å². The number of nitrogens with one attached hydrogen (secondary N) is 2. The molecule has 0 unspecified atom stereocenters. The summed E-state index contributed by atoms with van der Waals surface area (Å²) in [6.07, 6.45) is 3.24. The number of aromatic amines is 1. The minimum absolute atomic E-state index is 0.270. The largest absolute Gasteiger partial charge is 0.377 e. The number of aromatic nitrogens is 4. The molecule has 0 fully saturated rings. The van der Waals surface area contributed by atoms with Gasteiger partial charge in [-0.15, -0.1) is 0 Å². The third-order valence-corrected chi connectivity index (χ3v) is 2.88. The molecule has 0 bridgehead atoms. The molecule has 2 N–H and O–H groups in total. The molecule has 2 heterocycles. The van der Waals surface area contributed by atoms with Crippen molar-refractivity contribution in [2.24, 2.45) is 0 Å². The van der Waals surface area contributed by atoms with Gasteiger partial charge in [-0.3, -0.25) is 4.79 Å². The average Bonchev–Trinajstić information content (AvgIpc) is 2.31. The monoisotopic (exact) mass is 295 g/mol. The summed E-state index contributed by atoms with van der Waals surface area (Å²) in [5.74, 6) is 0.715. The zero-order chi connectivity index (χ0) is 12.3. The predicted molar refractivity (Wildman–Crippen MR) is 66.7 cm³/mol. The van der Waals surface area contributed by atoms with E-state index < -0.39 is 0 Å². The molecule has 0 atom stereocenters. The summed E-state index contributed by atoms with van der Waals surface area (Å²) in [7, 11) is 0. The number of nitrogens with zero attached hydrogens (tertiary/aromatic N) is 3. The van der Waals surface area contributed by atoms with Crippen LogP contribution >= 0.6 is 15.9 Å². The first-order chi connectivity index (χ1) is 8.16. The highest BCUT2D eigenvalue weighted by Crippen LogP contribution is 2.15. The van der Waals surface area contributed by atoms with E-state index in [-0.39, 0.29) is 5.56 Å². The van der Waals surface area contributed by atoms with E-state index in [1.807, 2.05) is 13.0 Å². The second kappa shape index (κ2) is 5.05. The topological polar surface area (TPSA) is 83.6 Å². The standard InChI is InChI=1S/C10H10BrN5O/c1-6-12-3-2-7(15-6)4-13-8-5-14-16-10(17)9(8)11/h2-3,5H,4H2,1H3,(H2,13,16,17). The van der Waals surface area contributed by atoms with Gasteiger partial charge in [-0.2, -0.15) is 5.10 Å². The average molecular weight is 296 g/mol. The molecule has 17 heavy (non-hydrogen) atoms. The van der Waals surface area contributed by atoms with Gasteiger partial charge in [-0.1, -0.05) is 0 Å². The summed E-state index contributed by atoms with van der Waals surface area (Å²) >= 11 is 3.19. The molecule has 0 aliphatic heterocycles. The Labute approximate surface area is 106 Å². The summed E-state index contributed by atoms with van der Waals surface area (Å²) in [5.41, 5.74) is 1.21. The number of halogens is 1. The first-order valence-corrected chi connectivity index (χ1v) is 5.71. The van der Waals surface area contributed by atoms with Crippen LogP contribution in [0.5, 0.6) is 0 Å². The Balaban J connectivity index is 2.13. The number of anilines is 1. The highest BCUT2D eigenvalue weighted by atomic mass is 79.9. The fourth-order valence-electron chi connectivity index (χ4n) is 1.30. The highest BCUT2D eigenvalue weighted by molar-refractivity contribution is 9.10. The summed E-state index contributed by atoms with van der Waals surface area (Å²) in [4.78, 5) is 19.5. The van der Waals surface area contributed by atoms with Crippen LogP contribution in [0.2, 0.25) is 0 Å². The van der Waals surface area contributed by atoms with Gasteiger partial charge in [-0.25, -0.2) is 15.1 Å². The van der Waals surface area contributed by atoms with Crippen molar-refractivity contribution < 1.29 is 0 Å². The van der Waals surface area contributed by atoms with Gasteiger partial charge in [0, 0.05) is 6.20 Å². The molecule has 0 radical (unpaired) electrons. The lowest BCUT2D eigenvalue weighted by atomic mass is 10.3. The van der Waals surface area contributed by atoms with Gasteiger partial charge in [-0.05, 0) is 28.9 Å². The molecule has 6 nitrogen and oxygen atoms in total. The molecule has 2 aromatic heterocycles. The second-order valence-electron chi connectivity index (χ2n) is 3.38. The lowest BCUT2D eigenvalue weighted by molar-refractivity contribution is 0.939. The molecule has 7 heteroatoms. The summed E-state index contributed by atoms with van der Waals surface area (Å²) in [5, 5.41) is 9.12. The smallest absolute Gasteiger partial charge is 0.280 e. The summed E-state index contributed by atoms with van der Waals surface area (Å²) < 4.78 is 0.429. The van der Waals surface area contributed by atoms with E-state index >= 15 is 0 Å². The van der Waals surface area contributed by atoms with Crippen molar-refractivity contribution in [1.82, 2.24) is 20.2 Å². The molecule has 88 valence electrons. The van der Waals surface area contributed by atoms with E-state index in [0.717, 1.165) is 5.69 Å². The van der Waals surface area contributed by atoms with Crippen molar-refractivity contribution in [3.05, 3.63) is 44.8 Å². The Morgan fingerprint density at radius 3 is 3.12 bits per heavy atom. The van der Waals surface area contributed by atoms with Crippen LogP contribution in [0.4, 0.5) is 5.69 Å². The Hall–Kier alpha value is -1.76. The quantitative estimate of drug-likeness (QED) is 0.890. The maximum absolute atomic E-state index is 11.3. The third-order valence-electron chi connectivity index (χ3n) is 2.09. The van der Waals surface area contributed by atoms with Crippen LogP contribution in [0.25, 0.3) is 0 Å². The molecule has 0 saturated heterocycles. The lowest BCUT2D eigenvalue weighted by Crippen LogP contribution is -2.12. The fourth-order valence-corrected chi connectivity index (χ4v) is 1.63. The van der Waals surface area contributed by atoms with Crippen LogP contribution < -0.4 is 10.9 Å². The molecule has 0 aromatic carbocycles. The minimum atomic E-state index is -0.270. The van der Waals surface area contributed by atoms with Gasteiger partial charge < -0.3 is 5.32 Å². The number of H-pyrrole nitrogens is 1. The van der Waals surface area contributed by atoms with E-state index in [1.165, 1.54) is 0 Å². The Morgan fingerprint density at radius 1 is 1.53 bits per heavy atom. The van der Waals surface area contributed by atoms with Gasteiger partial charge in [0.1, 0.15) is 10.3 Å². The minimum Gasteiger partial charge on any atom is -0.377 e. The van der Waals surface area contributed by atoms with Crippen molar-refractivity contribution in [2.75, 3.05) is 5.32 Å². The number of rotatable bonds is 3. The Kier molecular flexibility index (Phi) is 3.48. The maximum atomic E-state index is 11.3.